The predicted molar refractivity (Wildman–Crippen MR) is 64.0 cm³/mol. The van der Waals surface area contributed by atoms with Crippen LogP contribution < -0.4 is 21.4 Å². The van der Waals surface area contributed by atoms with Crippen molar-refractivity contribution in [2.75, 3.05) is 20.8 Å². The Morgan fingerprint density at radius 1 is 1.29 bits per heavy atom. The number of methoxy groups -OCH3 is 2. The summed E-state index contributed by atoms with van der Waals surface area (Å²) in [5.41, 5.74) is 6.13. The molecule has 0 saturated heterocycles. The van der Waals surface area contributed by atoms with Gasteiger partial charge in [-0.15, -0.1) is 0 Å². The molecule has 7 heteroatoms. The molecular weight excluding hydrogens is 226 g/mol. The first kappa shape index (κ1) is 15.1. The van der Waals surface area contributed by atoms with Crippen LogP contribution in [0.5, 0.6) is 11.5 Å². The number of hydrogen-bond donors (Lipinski definition) is 2. The van der Waals surface area contributed by atoms with E-state index in [-0.39, 0.29) is 17.6 Å². The summed E-state index contributed by atoms with van der Waals surface area (Å²) in [6, 6.07) is 2.94. The van der Waals surface area contributed by atoms with Crippen LogP contribution in [0, 0.1) is 10.1 Å². The zero-order valence-electron chi connectivity index (χ0n) is 9.93. The van der Waals surface area contributed by atoms with E-state index < -0.39 is 4.92 Å². The number of benzene rings is 1. The average molecular weight is 243 g/mol. The van der Waals surface area contributed by atoms with E-state index in [4.69, 9.17) is 15.2 Å². The van der Waals surface area contributed by atoms with Gasteiger partial charge in [-0.25, -0.2) is 0 Å². The van der Waals surface area contributed by atoms with Gasteiger partial charge in [0.1, 0.15) is 5.75 Å². The maximum atomic E-state index is 10.8. The number of nitro benzene ring substituents is 1. The predicted octanol–water partition coefficient (Wildman–Crippen LogP) is 1.28. The highest BCUT2D eigenvalue weighted by atomic mass is 16.6. The summed E-state index contributed by atoms with van der Waals surface area (Å²) in [6.07, 6.45) is 0.581. The largest absolute Gasteiger partial charge is 0.496 e. The number of hydrogen-bond acceptors (Lipinski definition) is 6. The Labute approximate surface area is 99.2 Å². The highest BCUT2D eigenvalue weighted by Gasteiger charge is 2.18. The van der Waals surface area contributed by atoms with Gasteiger partial charge in [-0.2, -0.15) is 0 Å². The standard InChI is InChI=1S/C10H14N2O4.H3N/c1-15-9-6-8(12(13)14)10(16-2)5-7(9)3-4-11;/h5-6H,3-4,11H2,1-2H3;1H3. The molecule has 0 amide bonds. The lowest BCUT2D eigenvalue weighted by atomic mass is 10.1. The van der Waals surface area contributed by atoms with Crippen molar-refractivity contribution in [3.63, 3.8) is 0 Å². The number of nitrogens with zero attached hydrogens (tertiary/aromatic N) is 1. The van der Waals surface area contributed by atoms with Crippen molar-refractivity contribution in [2.45, 2.75) is 6.42 Å². The first-order chi connectivity index (χ1) is 7.63. The molecule has 0 fully saturated rings. The average Bonchev–Trinajstić information content (AvgIpc) is 2.28. The summed E-state index contributed by atoms with van der Waals surface area (Å²) in [5.74, 6) is 0.673. The normalized spacial score (nSPS) is 9.35. The van der Waals surface area contributed by atoms with Crippen molar-refractivity contribution in [3.8, 4) is 11.5 Å². The third kappa shape index (κ3) is 3.30. The van der Waals surface area contributed by atoms with Gasteiger partial charge in [-0.1, -0.05) is 0 Å². The van der Waals surface area contributed by atoms with E-state index in [9.17, 15) is 10.1 Å². The van der Waals surface area contributed by atoms with Crippen LogP contribution in [-0.2, 0) is 6.42 Å². The summed E-state index contributed by atoms with van der Waals surface area (Å²) in [5, 5.41) is 10.8. The molecule has 1 aromatic rings. The Hall–Kier alpha value is -1.86. The second kappa shape index (κ2) is 6.66. The van der Waals surface area contributed by atoms with Crippen LogP contribution in [0.25, 0.3) is 0 Å². The Bertz CT molecular complexity index is 395. The van der Waals surface area contributed by atoms with Gasteiger partial charge in [0.15, 0.2) is 5.75 Å². The van der Waals surface area contributed by atoms with Gasteiger partial charge in [-0.3, -0.25) is 10.1 Å². The van der Waals surface area contributed by atoms with Crippen LogP contribution in [0.15, 0.2) is 12.1 Å². The van der Waals surface area contributed by atoms with Crippen molar-refractivity contribution < 1.29 is 14.4 Å². The first-order valence-corrected chi connectivity index (χ1v) is 4.73. The van der Waals surface area contributed by atoms with E-state index >= 15 is 0 Å². The first-order valence-electron chi connectivity index (χ1n) is 4.73. The van der Waals surface area contributed by atoms with E-state index in [0.717, 1.165) is 5.56 Å². The van der Waals surface area contributed by atoms with Crippen molar-refractivity contribution in [1.82, 2.24) is 6.15 Å². The highest BCUT2D eigenvalue weighted by molar-refractivity contribution is 5.55. The quantitative estimate of drug-likeness (QED) is 0.593. The van der Waals surface area contributed by atoms with Crippen LogP contribution in [0.1, 0.15) is 5.56 Å². The van der Waals surface area contributed by atoms with Gasteiger partial charge in [0.05, 0.1) is 25.2 Å². The molecule has 0 spiro atoms. The van der Waals surface area contributed by atoms with E-state index in [2.05, 4.69) is 0 Å². The molecule has 0 unspecified atom stereocenters. The summed E-state index contributed by atoms with van der Waals surface area (Å²) in [6.45, 7) is 0.442. The molecule has 0 bridgehead atoms. The molecule has 0 aliphatic carbocycles. The zero-order valence-corrected chi connectivity index (χ0v) is 9.93. The molecule has 0 aliphatic heterocycles. The fourth-order valence-electron chi connectivity index (χ4n) is 1.44. The van der Waals surface area contributed by atoms with Crippen LogP contribution in [0.4, 0.5) is 5.69 Å². The lowest BCUT2D eigenvalue weighted by Crippen LogP contribution is -2.05. The van der Waals surface area contributed by atoms with Crippen molar-refractivity contribution in [1.29, 1.82) is 0 Å². The molecule has 0 atom stereocenters. The number of ether oxygens (including phenoxy) is 2. The molecule has 0 aliphatic rings. The van der Waals surface area contributed by atoms with Gasteiger partial charge >= 0.3 is 5.69 Å². The molecule has 5 N–H and O–H groups in total. The fourth-order valence-corrected chi connectivity index (χ4v) is 1.44. The molecule has 17 heavy (non-hydrogen) atoms. The molecule has 0 heterocycles. The number of nitro groups is 1. The maximum Gasteiger partial charge on any atom is 0.314 e. The van der Waals surface area contributed by atoms with Crippen molar-refractivity contribution >= 4 is 5.69 Å². The van der Waals surface area contributed by atoms with Gasteiger partial charge < -0.3 is 21.4 Å². The summed E-state index contributed by atoms with van der Waals surface area (Å²) in [7, 11) is 2.85. The maximum absolute atomic E-state index is 10.8. The Morgan fingerprint density at radius 3 is 2.29 bits per heavy atom. The Balaban J connectivity index is 0.00000256. The lowest BCUT2D eigenvalue weighted by molar-refractivity contribution is -0.385. The fraction of sp³-hybridized carbons (Fsp3) is 0.400. The number of rotatable bonds is 5. The second-order valence-corrected chi connectivity index (χ2v) is 3.13. The van der Waals surface area contributed by atoms with E-state index in [1.807, 2.05) is 0 Å². The third-order valence-electron chi connectivity index (χ3n) is 2.19. The van der Waals surface area contributed by atoms with Crippen LogP contribution >= 0.6 is 0 Å². The smallest absolute Gasteiger partial charge is 0.314 e. The lowest BCUT2D eigenvalue weighted by Gasteiger charge is -2.10. The van der Waals surface area contributed by atoms with Crippen LogP contribution in [-0.4, -0.2) is 25.7 Å². The monoisotopic (exact) mass is 243 g/mol. The number of nitrogens with two attached hydrogens (primary N) is 1. The summed E-state index contributed by atoms with van der Waals surface area (Å²) < 4.78 is 10.0. The SMILES string of the molecule is COc1cc([N+](=O)[O-])c(OC)cc1CCN.N. The molecule has 0 saturated carbocycles. The minimum atomic E-state index is -0.506. The van der Waals surface area contributed by atoms with Gasteiger partial charge in [0, 0.05) is 0 Å². The van der Waals surface area contributed by atoms with Crippen LogP contribution in [0.3, 0.4) is 0 Å². The van der Waals surface area contributed by atoms with Crippen molar-refractivity contribution in [3.05, 3.63) is 27.8 Å². The Morgan fingerprint density at radius 2 is 1.88 bits per heavy atom. The summed E-state index contributed by atoms with van der Waals surface area (Å²) >= 11 is 0. The molecular formula is C10H17N3O4. The molecule has 7 nitrogen and oxygen atoms in total. The van der Waals surface area contributed by atoms with Crippen LogP contribution in [0.2, 0.25) is 0 Å². The van der Waals surface area contributed by atoms with E-state index in [1.54, 1.807) is 6.07 Å². The minimum absolute atomic E-state index is 0. The summed E-state index contributed by atoms with van der Waals surface area (Å²) in [4.78, 5) is 10.3. The molecule has 0 aromatic heterocycles. The van der Waals surface area contributed by atoms with Crippen molar-refractivity contribution in [2.24, 2.45) is 5.73 Å². The van der Waals surface area contributed by atoms with E-state index in [1.165, 1.54) is 20.3 Å². The van der Waals surface area contributed by atoms with E-state index in [0.29, 0.717) is 18.7 Å². The molecule has 1 rings (SSSR count). The molecule has 96 valence electrons. The second-order valence-electron chi connectivity index (χ2n) is 3.13. The van der Waals surface area contributed by atoms with Gasteiger partial charge in [-0.05, 0) is 24.6 Å². The topological polar surface area (TPSA) is 123 Å². The van der Waals surface area contributed by atoms with Gasteiger partial charge in [0.25, 0.3) is 0 Å². The minimum Gasteiger partial charge on any atom is -0.496 e. The highest BCUT2D eigenvalue weighted by Crippen LogP contribution is 2.34. The zero-order chi connectivity index (χ0) is 12.1. The molecule has 1 aromatic carbocycles. The third-order valence-corrected chi connectivity index (χ3v) is 2.19. The molecule has 0 radical (unpaired) electrons. The van der Waals surface area contributed by atoms with Gasteiger partial charge in [0.2, 0.25) is 0 Å². The Kier molecular flexibility index (Phi) is 5.94.